The Bertz CT molecular complexity index is 1030. The van der Waals surface area contributed by atoms with Crippen molar-refractivity contribution in [3.05, 3.63) is 59.9 Å². The number of hydrogen-bond acceptors (Lipinski definition) is 6. The molecule has 0 radical (unpaired) electrons. The Balaban J connectivity index is 1.75. The molecule has 2 aromatic carbocycles. The second-order valence-electron chi connectivity index (χ2n) is 6.51. The standard InChI is InChI=1S/C23H25NO6/c1-4-27-14-17-16-10-6-8-12-19(16)30-21(17)23(26)29-15(3)22(25)24-18-11-7-9-13-20(18)28-5-2/h6-13,15H,4-5,14H2,1-3H3,(H,24,25)/t15-/m0/s1. The third-order valence-corrected chi connectivity index (χ3v) is 4.43. The maximum absolute atomic E-state index is 12.8. The lowest BCUT2D eigenvalue weighted by Gasteiger charge is -2.15. The summed E-state index contributed by atoms with van der Waals surface area (Å²) in [7, 11) is 0. The number of nitrogens with one attached hydrogen (secondary N) is 1. The van der Waals surface area contributed by atoms with E-state index in [1.807, 2.05) is 38.1 Å². The number of fused-ring (bicyclic) bond motifs is 1. The van der Waals surface area contributed by atoms with Gasteiger partial charge in [-0.3, -0.25) is 4.79 Å². The van der Waals surface area contributed by atoms with Gasteiger partial charge in [0, 0.05) is 17.6 Å². The summed E-state index contributed by atoms with van der Waals surface area (Å²) in [6.07, 6.45) is -1.04. The fraction of sp³-hybridized carbons (Fsp3) is 0.304. The normalized spacial score (nSPS) is 11.8. The molecule has 30 heavy (non-hydrogen) atoms. The molecule has 7 heteroatoms. The van der Waals surface area contributed by atoms with Crippen LogP contribution in [-0.4, -0.2) is 31.2 Å². The molecule has 1 heterocycles. The highest BCUT2D eigenvalue weighted by atomic mass is 16.6. The molecule has 1 aromatic heterocycles. The molecule has 1 amide bonds. The Labute approximate surface area is 174 Å². The molecule has 0 saturated heterocycles. The van der Waals surface area contributed by atoms with E-state index in [0.29, 0.717) is 35.8 Å². The van der Waals surface area contributed by atoms with E-state index < -0.39 is 18.0 Å². The first-order chi connectivity index (χ1) is 14.5. The minimum absolute atomic E-state index is 0.0408. The highest BCUT2D eigenvalue weighted by molar-refractivity contribution is 6.00. The molecule has 7 nitrogen and oxygen atoms in total. The van der Waals surface area contributed by atoms with Crippen LogP contribution in [0.2, 0.25) is 0 Å². The molecular weight excluding hydrogens is 386 g/mol. The van der Waals surface area contributed by atoms with Crippen molar-refractivity contribution in [3.63, 3.8) is 0 Å². The van der Waals surface area contributed by atoms with Gasteiger partial charge in [0.25, 0.3) is 5.91 Å². The number of rotatable bonds is 9. The third kappa shape index (κ3) is 4.80. The fourth-order valence-electron chi connectivity index (χ4n) is 2.96. The van der Waals surface area contributed by atoms with Crippen LogP contribution in [0.1, 0.15) is 36.9 Å². The topological polar surface area (TPSA) is 87.0 Å². The number of carbonyl (C=O) groups excluding carboxylic acids is 2. The smallest absolute Gasteiger partial charge is 0.375 e. The van der Waals surface area contributed by atoms with Crippen LogP contribution < -0.4 is 10.1 Å². The van der Waals surface area contributed by atoms with Crippen LogP contribution in [0, 0.1) is 0 Å². The molecule has 158 valence electrons. The third-order valence-electron chi connectivity index (χ3n) is 4.43. The summed E-state index contributed by atoms with van der Waals surface area (Å²) in [5.74, 6) is -0.609. The van der Waals surface area contributed by atoms with Gasteiger partial charge in [0.2, 0.25) is 5.76 Å². The number of hydrogen-bond donors (Lipinski definition) is 1. The molecule has 3 rings (SSSR count). The molecular formula is C23H25NO6. The van der Waals surface area contributed by atoms with Crippen molar-refractivity contribution < 1.29 is 28.2 Å². The molecule has 0 saturated carbocycles. The second-order valence-corrected chi connectivity index (χ2v) is 6.51. The minimum atomic E-state index is -1.04. The predicted octanol–water partition coefficient (Wildman–Crippen LogP) is 4.55. The molecule has 0 fully saturated rings. The van der Waals surface area contributed by atoms with Crippen LogP contribution >= 0.6 is 0 Å². The zero-order valence-electron chi connectivity index (χ0n) is 17.3. The van der Waals surface area contributed by atoms with Crippen LogP contribution in [0.25, 0.3) is 11.0 Å². The first-order valence-electron chi connectivity index (χ1n) is 9.86. The monoisotopic (exact) mass is 411 g/mol. The van der Waals surface area contributed by atoms with Gasteiger partial charge in [-0.15, -0.1) is 0 Å². The number of furan rings is 1. The van der Waals surface area contributed by atoms with Gasteiger partial charge in [-0.25, -0.2) is 4.79 Å². The molecule has 1 atom stereocenters. The molecule has 0 aliphatic rings. The highest BCUT2D eigenvalue weighted by Crippen LogP contribution is 2.28. The average Bonchev–Trinajstić information content (AvgIpc) is 3.12. The van der Waals surface area contributed by atoms with Crippen molar-refractivity contribution in [1.29, 1.82) is 0 Å². The van der Waals surface area contributed by atoms with E-state index >= 15 is 0 Å². The Morgan fingerprint density at radius 3 is 2.53 bits per heavy atom. The summed E-state index contributed by atoms with van der Waals surface area (Å²) in [6, 6.07) is 14.4. The van der Waals surface area contributed by atoms with E-state index in [4.69, 9.17) is 18.6 Å². The van der Waals surface area contributed by atoms with Crippen molar-refractivity contribution in [3.8, 4) is 5.75 Å². The summed E-state index contributed by atoms with van der Waals surface area (Å²) < 4.78 is 22.1. The largest absolute Gasteiger partial charge is 0.492 e. The summed E-state index contributed by atoms with van der Waals surface area (Å²) in [5.41, 5.74) is 1.67. The van der Waals surface area contributed by atoms with Crippen molar-refractivity contribution in [2.24, 2.45) is 0 Å². The van der Waals surface area contributed by atoms with Gasteiger partial charge < -0.3 is 23.9 Å². The quantitative estimate of drug-likeness (QED) is 0.520. The molecule has 0 aliphatic carbocycles. The molecule has 3 aromatic rings. The minimum Gasteiger partial charge on any atom is -0.492 e. The van der Waals surface area contributed by atoms with Gasteiger partial charge in [0.1, 0.15) is 11.3 Å². The van der Waals surface area contributed by atoms with Crippen molar-refractivity contribution in [1.82, 2.24) is 0 Å². The predicted molar refractivity (Wildman–Crippen MR) is 113 cm³/mol. The molecule has 0 unspecified atom stereocenters. The Morgan fingerprint density at radius 2 is 1.77 bits per heavy atom. The number of benzene rings is 2. The zero-order chi connectivity index (χ0) is 21.5. The Morgan fingerprint density at radius 1 is 1.03 bits per heavy atom. The van der Waals surface area contributed by atoms with Gasteiger partial charge in [0.05, 0.1) is 18.9 Å². The van der Waals surface area contributed by atoms with E-state index in [-0.39, 0.29) is 12.4 Å². The van der Waals surface area contributed by atoms with Crippen molar-refractivity contribution >= 4 is 28.5 Å². The van der Waals surface area contributed by atoms with Crippen LogP contribution in [0.4, 0.5) is 5.69 Å². The summed E-state index contributed by atoms with van der Waals surface area (Å²) in [4.78, 5) is 25.3. The zero-order valence-corrected chi connectivity index (χ0v) is 17.3. The number of esters is 1. The first kappa shape index (κ1) is 21.4. The summed E-state index contributed by atoms with van der Waals surface area (Å²) in [6.45, 7) is 6.39. The molecule has 0 spiro atoms. The molecule has 0 aliphatic heterocycles. The SMILES string of the molecule is CCOCc1c(C(=O)O[C@@H](C)C(=O)Nc2ccccc2OCC)oc2ccccc12. The van der Waals surface area contributed by atoms with Crippen molar-refractivity contribution in [2.45, 2.75) is 33.5 Å². The second kappa shape index (κ2) is 9.93. The van der Waals surface area contributed by atoms with E-state index in [1.165, 1.54) is 6.92 Å². The van der Waals surface area contributed by atoms with Gasteiger partial charge >= 0.3 is 5.97 Å². The van der Waals surface area contributed by atoms with E-state index in [1.54, 1.807) is 24.3 Å². The van der Waals surface area contributed by atoms with Crippen LogP contribution in [0.3, 0.4) is 0 Å². The van der Waals surface area contributed by atoms with Gasteiger partial charge in [-0.05, 0) is 39.0 Å². The summed E-state index contributed by atoms with van der Waals surface area (Å²) in [5, 5.41) is 3.51. The number of anilines is 1. The number of carbonyl (C=O) groups is 2. The number of ether oxygens (including phenoxy) is 3. The highest BCUT2D eigenvalue weighted by Gasteiger charge is 2.26. The molecule has 0 bridgehead atoms. The fourth-order valence-corrected chi connectivity index (χ4v) is 2.96. The van der Waals surface area contributed by atoms with Crippen LogP contribution in [-0.2, 0) is 20.9 Å². The lowest BCUT2D eigenvalue weighted by Crippen LogP contribution is -2.30. The summed E-state index contributed by atoms with van der Waals surface area (Å²) >= 11 is 0. The van der Waals surface area contributed by atoms with Crippen LogP contribution in [0.15, 0.2) is 52.9 Å². The Kier molecular flexibility index (Phi) is 7.08. The van der Waals surface area contributed by atoms with Gasteiger partial charge in [-0.2, -0.15) is 0 Å². The lowest BCUT2D eigenvalue weighted by molar-refractivity contribution is -0.123. The van der Waals surface area contributed by atoms with Gasteiger partial charge in [0.15, 0.2) is 6.10 Å². The molecule has 1 N–H and O–H groups in total. The number of para-hydroxylation sites is 3. The van der Waals surface area contributed by atoms with E-state index in [9.17, 15) is 9.59 Å². The maximum Gasteiger partial charge on any atom is 0.375 e. The first-order valence-corrected chi connectivity index (χ1v) is 9.86. The van der Waals surface area contributed by atoms with E-state index in [0.717, 1.165) is 5.39 Å². The average molecular weight is 411 g/mol. The lowest BCUT2D eigenvalue weighted by atomic mass is 10.1. The number of amides is 1. The Hall–Kier alpha value is -3.32. The van der Waals surface area contributed by atoms with Gasteiger partial charge in [-0.1, -0.05) is 30.3 Å². The van der Waals surface area contributed by atoms with Crippen LogP contribution in [0.5, 0.6) is 5.75 Å². The van der Waals surface area contributed by atoms with Crippen molar-refractivity contribution in [2.75, 3.05) is 18.5 Å². The maximum atomic E-state index is 12.8. The van der Waals surface area contributed by atoms with E-state index in [2.05, 4.69) is 5.32 Å².